The number of hydrogen-bond acceptors (Lipinski definition) is 10. The summed E-state index contributed by atoms with van der Waals surface area (Å²) in [5.74, 6) is -1.62. The molecule has 63 heavy (non-hydrogen) atoms. The van der Waals surface area contributed by atoms with Crippen LogP contribution in [0.3, 0.4) is 0 Å². The summed E-state index contributed by atoms with van der Waals surface area (Å²) >= 11 is 1.34. The first-order valence-electron chi connectivity index (χ1n) is 21.1. The lowest BCUT2D eigenvalue weighted by Crippen LogP contribution is -2.61. The summed E-state index contributed by atoms with van der Waals surface area (Å²) in [6.45, 7) is 8.54. The van der Waals surface area contributed by atoms with E-state index in [0.29, 0.717) is 0 Å². The van der Waals surface area contributed by atoms with Crippen LogP contribution in [0.4, 0.5) is 4.79 Å². The molecule has 0 bridgehead atoms. The van der Waals surface area contributed by atoms with E-state index in [2.05, 4.69) is 45.0 Å². The second kappa shape index (κ2) is 19.5. The van der Waals surface area contributed by atoms with Gasteiger partial charge in [-0.05, 0) is 81.6 Å². The smallest absolute Gasteiger partial charge is 0.451 e. The summed E-state index contributed by atoms with van der Waals surface area (Å²) in [5.41, 5.74) is 6.61. The maximum Gasteiger partial charge on any atom is 0.508 e. The van der Waals surface area contributed by atoms with Crippen LogP contribution in [0.25, 0.3) is 11.1 Å². The van der Waals surface area contributed by atoms with Gasteiger partial charge in [-0.2, -0.15) is 0 Å². The van der Waals surface area contributed by atoms with Crippen molar-refractivity contribution in [3.05, 3.63) is 197 Å². The quantitative estimate of drug-likeness (QED) is 0.0823. The van der Waals surface area contributed by atoms with Crippen LogP contribution in [-0.2, 0) is 40.4 Å². The van der Waals surface area contributed by atoms with E-state index in [1.165, 1.54) is 11.8 Å². The summed E-state index contributed by atoms with van der Waals surface area (Å²) in [4.78, 5) is 43.2. The molecule has 0 amide bonds. The van der Waals surface area contributed by atoms with Gasteiger partial charge in [0.25, 0.3) is 0 Å². The van der Waals surface area contributed by atoms with Gasteiger partial charge in [0, 0.05) is 10.8 Å². The molecular formula is C53H50O9S. The Morgan fingerprint density at radius 3 is 1.73 bits per heavy atom. The number of benzene rings is 6. The first-order chi connectivity index (χ1) is 30.5. The zero-order valence-electron chi connectivity index (χ0n) is 35.7. The molecule has 6 aromatic carbocycles. The molecule has 1 aliphatic carbocycles. The Morgan fingerprint density at radius 2 is 1.14 bits per heavy atom. The molecule has 1 heterocycles. The zero-order valence-corrected chi connectivity index (χ0v) is 36.5. The van der Waals surface area contributed by atoms with Gasteiger partial charge in [-0.25, -0.2) is 14.4 Å². The molecule has 0 radical (unpaired) electrons. The molecular weight excluding hydrogens is 813 g/mol. The van der Waals surface area contributed by atoms with Gasteiger partial charge in [-0.3, -0.25) is 0 Å². The van der Waals surface area contributed by atoms with E-state index < -0.39 is 47.9 Å². The van der Waals surface area contributed by atoms with Crippen molar-refractivity contribution in [2.75, 3.05) is 13.2 Å². The molecule has 322 valence electrons. The van der Waals surface area contributed by atoms with Crippen molar-refractivity contribution >= 4 is 29.9 Å². The lowest BCUT2D eigenvalue weighted by atomic mass is 9.87. The number of thioether (sulfide) groups is 1. The van der Waals surface area contributed by atoms with Gasteiger partial charge in [0.1, 0.15) is 18.1 Å². The van der Waals surface area contributed by atoms with E-state index in [1.807, 2.05) is 79.7 Å². The minimum atomic E-state index is -1.38. The Bertz CT molecular complexity index is 2480. The largest absolute Gasteiger partial charge is 0.508 e. The van der Waals surface area contributed by atoms with Gasteiger partial charge in [0.15, 0.2) is 18.3 Å². The van der Waals surface area contributed by atoms with Crippen LogP contribution in [0.5, 0.6) is 0 Å². The van der Waals surface area contributed by atoms with Crippen LogP contribution >= 0.6 is 11.8 Å². The second-order valence-electron chi connectivity index (χ2n) is 16.7. The van der Waals surface area contributed by atoms with E-state index >= 15 is 0 Å². The van der Waals surface area contributed by atoms with Crippen LogP contribution in [0, 0.1) is 6.92 Å². The molecule has 0 saturated carbocycles. The van der Waals surface area contributed by atoms with Crippen LogP contribution in [0.2, 0.25) is 0 Å². The van der Waals surface area contributed by atoms with Crippen molar-refractivity contribution in [1.82, 2.24) is 0 Å². The summed E-state index contributed by atoms with van der Waals surface area (Å²) in [5, 5.41) is 0. The molecule has 10 heteroatoms. The van der Waals surface area contributed by atoms with E-state index in [-0.39, 0.29) is 42.3 Å². The van der Waals surface area contributed by atoms with Gasteiger partial charge in [-0.1, -0.05) is 160 Å². The highest BCUT2D eigenvalue weighted by Crippen LogP contribution is 2.45. The lowest BCUT2D eigenvalue weighted by Gasteiger charge is -2.44. The van der Waals surface area contributed by atoms with Gasteiger partial charge in [0.2, 0.25) is 0 Å². The van der Waals surface area contributed by atoms with E-state index in [9.17, 15) is 14.4 Å². The molecule has 1 aliphatic heterocycles. The average molecular weight is 863 g/mol. The second-order valence-corrected chi connectivity index (χ2v) is 17.9. The minimum absolute atomic E-state index is 0.0155. The maximum atomic E-state index is 14.1. The number of aryl methyl sites for hydroxylation is 1. The predicted molar refractivity (Wildman–Crippen MR) is 242 cm³/mol. The number of rotatable bonds is 13. The molecule has 9 nitrogen and oxygen atoms in total. The highest BCUT2D eigenvalue weighted by molar-refractivity contribution is 7.99. The number of carbonyl (C=O) groups excluding carboxylic acids is 3. The molecule has 0 unspecified atom stereocenters. The Morgan fingerprint density at radius 1 is 0.603 bits per heavy atom. The first-order valence-corrected chi connectivity index (χ1v) is 22.0. The van der Waals surface area contributed by atoms with Gasteiger partial charge < -0.3 is 28.4 Å². The number of carbonyl (C=O) groups is 3. The fraction of sp³-hybridized carbons (Fsp3) is 0.264. The standard InChI is InChI=1S/C53H50O9S/c1-34-28-29-38(53(2,3)4)30-45(34)63-51-48(61-50(55)37-22-12-7-13-23-37)47(60-49(54)36-20-10-6-11-21-36)46(44(59-51)33-57-31-35-18-8-5-9-19-35)62-52(56)58-32-43-41-26-16-14-24-39(41)40-25-15-17-27-42(40)43/h5-30,43-44,46-48,51H,31-33H2,1-4H3/t44-,46-,47+,48-,51+/m1/s1. The normalized spacial score (nSPS) is 19.3. The predicted octanol–water partition coefficient (Wildman–Crippen LogP) is 11.1. The van der Waals surface area contributed by atoms with Crippen molar-refractivity contribution in [2.45, 2.75) is 80.4 Å². The van der Waals surface area contributed by atoms with Crippen molar-refractivity contribution in [1.29, 1.82) is 0 Å². The Balaban J connectivity index is 1.16. The Hall–Kier alpha value is -6.20. The van der Waals surface area contributed by atoms with Crippen LogP contribution in [0.1, 0.15) is 75.2 Å². The third kappa shape index (κ3) is 10.2. The molecule has 0 spiro atoms. The topological polar surface area (TPSA) is 107 Å². The highest BCUT2D eigenvalue weighted by atomic mass is 32.2. The summed E-state index contributed by atoms with van der Waals surface area (Å²) in [7, 11) is 0. The van der Waals surface area contributed by atoms with Crippen molar-refractivity contribution in [2.24, 2.45) is 0 Å². The summed E-state index contributed by atoms with van der Waals surface area (Å²) in [6, 6.07) is 49.0. The van der Waals surface area contributed by atoms with Crippen LogP contribution < -0.4 is 0 Å². The Labute approximate surface area is 372 Å². The van der Waals surface area contributed by atoms with E-state index in [1.54, 1.807) is 60.7 Å². The van der Waals surface area contributed by atoms with Gasteiger partial charge >= 0.3 is 18.1 Å². The van der Waals surface area contributed by atoms with Gasteiger partial charge in [0.05, 0.1) is 24.3 Å². The fourth-order valence-electron chi connectivity index (χ4n) is 7.96. The van der Waals surface area contributed by atoms with Crippen LogP contribution in [-0.4, -0.2) is 61.2 Å². The third-order valence-electron chi connectivity index (χ3n) is 11.4. The fourth-order valence-corrected chi connectivity index (χ4v) is 9.20. The molecule has 2 aliphatic rings. The van der Waals surface area contributed by atoms with E-state index in [4.69, 9.17) is 28.4 Å². The molecule has 5 atom stereocenters. The summed E-state index contributed by atoms with van der Waals surface area (Å²) < 4.78 is 38.1. The molecule has 1 fully saturated rings. The number of ether oxygens (including phenoxy) is 6. The number of hydrogen-bond donors (Lipinski definition) is 0. The number of fused-ring (bicyclic) bond motifs is 3. The monoisotopic (exact) mass is 862 g/mol. The van der Waals surface area contributed by atoms with Crippen LogP contribution in [0.15, 0.2) is 163 Å². The van der Waals surface area contributed by atoms with E-state index in [0.717, 1.165) is 43.8 Å². The summed E-state index contributed by atoms with van der Waals surface area (Å²) in [6.07, 6.45) is -6.04. The molecule has 6 aromatic rings. The van der Waals surface area contributed by atoms with Crippen molar-refractivity contribution in [3.63, 3.8) is 0 Å². The van der Waals surface area contributed by atoms with Crippen molar-refractivity contribution < 1.29 is 42.8 Å². The van der Waals surface area contributed by atoms with Gasteiger partial charge in [-0.15, -0.1) is 0 Å². The highest BCUT2D eigenvalue weighted by Gasteiger charge is 2.53. The molecule has 0 N–H and O–H groups in total. The third-order valence-corrected chi connectivity index (χ3v) is 12.7. The Kier molecular flexibility index (Phi) is 13.4. The maximum absolute atomic E-state index is 14.1. The number of esters is 2. The zero-order chi connectivity index (χ0) is 43.9. The first kappa shape index (κ1) is 43.4. The molecule has 8 rings (SSSR count). The lowest BCUT2D eigenvalue weighted by molar-refractivity contribution is -0.215. The molecule has 1 saturated heterocycles. The minimum Gasteiger partial charge on any atom is -0.451 e. The molecule has 0 aromatic heterocycles. The average Bonchev–Trinajstić information content (AvgIpc) is 3.62. The van der Waals surface area contributed by atoms with Crippen molar-refractivity contribution in [3.8, 4) is 11.1 Å². The SMILES string of the molecule is Cc1ccc(C(C)(C)C)cc1S[C@@H]1O[C@H](COCc2ccccc2)[C@@H](OC(=O)OCC2c3ccccc3-c3ccccc32)[C@H](OC(=O)c2ccccc2)[C@H]1OC(=O)c1ccccc1.